The van der Waals surface area contributed by atoms with Crippen LogP contribution >= 0.6 is 11.8 Å². The second-order valence-corrected chi connectivity index (χ2v) is 15.1. The summed E-state index contributed by atoms with van der Waals surface area (Å²) >= 11 is 1.18. The SMILES string of the molecule is CN(C)C(=O)Oc1ccc(N([C@@](C)(C(=O)OC(C)(C)C)C(=O)[C@H]2NC(C)(C)CS2)S(=O)(=O)c2ccc(OC(F)(F)F)cc2)cc1. The van der Waals surface area contributed by atoms with Crippen LogP contribution in [0.3, 0.4) is 0 Å². The number of halogens is 3. The van der Waals surface area contributed by atoms with E-state index in [1.807, 2.05) is 13.8 Å². The summed E-state index contributed by atoms with van der Waals surface area (Å²) in [6, 6.07) is 8.32. The van der Waals surface area contributed by atoms with Crippen LogP contribution < -0.4 is 19.1 Å². The van der Waals surface area contributed by atoms with Crippen LogP contribution in [0.2, 0.25) is 0 Å². The van der Waals surface area contributed by atoms with Crippen molar-refractivity contribution in [2.45, 2.75) is 74.9 Å². The molecule has 2 atom stereocenters. The summed E-state index contributed by atoms with van der Waals surface area (Å²) in [5.74, 6) is -2.21. The molecular weight excluding hydrogens is 639 g/mol. The highest BCUT2D eigenvalue weighted by molar-refractivity contribution is 8.01. The Morgan fingerprint density at radius 2 is 1.47 bits per heavy atom. The van der Waals surface area contributed by atoms with Gasteiger partial charge in [0, 0.05) is 25.4 Å². The Hall–Kier alpha value is -3.50. The zero-order valence-electron chi connectivity index (χ0n) is 26.0. The van der Waals surface area contributed by atoms with Gasteiger partial charge in [-0.3, -0.25) is 10.1 Å². The lowest BCUT2D eigenvalue weighted by Crippen LogP contribution is -2.65. The molecule has 1 aliphatic rings. The summed E-state index contributed by atoms with van der Waals surface area (Å²) in [4.78, 5) is 41.1. The fraction of sp³-hybridized carbons (Fsp3) is 0.483. The lowest BCUT2D eigenvalue weighted by atomic mass is 9.94. The Balaban J connectivity index is 2.25. The number of thioether (sulfide) groups is 1. The van der Waals surface area contributed by atoms with Crippen molar-refractivity contribution < 1.29 is 50.2 Å². The number of Topliss-reactive ketones (excluding diaryl/α,β-unsaturated/α-hetero) is 1. The number of rotatable bonds is 9. The highest BCUT2D eigenvalue weighted by Gasteiger charge is 2.57. The molecule has 0 saturated carbocycles. The molecule has 0 radical (unpaired) electrons. The third kappa shape index (κ3) is 8.61. The van der Waals surface area contributed by atoms with Gasteiger partial charge < -0.3 is 19.1 Å². The third-order valence-corrected chi connectivity index (χ3v) is 9.77. The molecule has 11 nitrogen and oxygen atoms in total. The van der Waals surface area contributed by atoms with Crippen LogP contribution in [0.1, 0.15) is 41.5 Å². The van der Waals surface area contributed by atoms with Crippen molar-refractivity contribution >= 4 is 45.3 Å². The molecule has 0 aliphatic carbocycles. The van der Waals surface area contributed by atoms with Gasteiger partial charge >= 0.3 is 18.4 Å². The van der Waals surface area contributed by atoms with E-state index in [0.29, 0.717) is 10.1 Å². The molecule has 1 heterocycles. The third-order valence-electron chi connectivity index (χ3n) is 6.29. The molecule has 1 fully saturated rings. The molecule has 0 aromatic heterocycles. The number of benzene rings is 2. The van der Waals surface area contributed by atoms with Gasteiger partial charge in [0.25, 0.3) is 10.0 Å². The Labute approximate surface area is 264 Å². The van der Waals surface area contributed by atoms with Crippen LogP contribution in [0.4, 0.5) is 23.7 Å². The summed E-state index contributed by atoms with van der Waals surface area (Å²) in [6.07, 6.45) is -5.74. The molecule has 1 aliphatic heterocycles. The van der Waals surface area contributed by atoms with Gasteiger partial charge in [-0.15, -0.1) is 24.9 Å². The lowest BCUT2D eigenvalue weighted by molar-refractivity contribution is -0.274. The maximum atomic E-state index is 14.4. The number of ether oxygens (including phenoxy) is 3. The number of alkyl halides is 3. The van der Waals surface area contributed by atoms with E-state index in [-0.39, 0.29) is 11.4 Å². The van der Waals surface area contributed by atoms with E-state index in [4.69, 9.17) is 9.47 Å². The molecule has 1 N–H and O–H groups in total. The number of ketones is 1. The van der Waals surface area contributed by atoms with Crippen molar-refractivity contribution in [1.29, 1.82) is 0 Å². The first-order chi connectivity index (χ1) is 20.5. The molecule has 16 heteroatoms. The Kier molecular flexibility index (Phi) is 10.2. The number of esters is 1. The van der Waals surface area contributed by atoms with Gasteiger partial charge in [0.2, 0.25) is 5.54 Å². The second kappa shape index (κ2) is 12.7. The largest absolute Gasteiger partial charge is 0.573 e. The van der Waals surface area contributed by atoms with E-state index in [1.54, 1.807) is 20.8 Å². The molecule has 2 aromatic rings. The van der Waals surface area contributed by atoms with Gasteiger partial charge in [0.1, 0.15) is 22.5 Å². The number of sulfonamides is 1. The molecule has 1 amide bonds. The Morgan fingerprint density at radius 3 is 1.91 bits per heavy atom. The van der Waals surface area contributed by atoms with Gasteiger partial charge in [0.15, 0.2) is 5.78 Å². The minimum Gasteiger partial charge on any atom is -0.458 e. The van der Waals surface area contributed by atoms with E-state index in [1.165, 1.54) is 55.0 Å². The summed E-state index contributed by atoms with van der Waals surface area (Å²) in [5.41, 5.74) is -4.42. The van der Waals surface area contributed by atoms with Crippen LogP contribution in [0.25, 0.3) is 0 Å². The fourth-order valence-corrected chi connectivity index (χ4v) is 7.37. The topological polar surface area (TPSA) is 132 Å². The summed E-state index contributed by atoms with van der Waals surface area (Å²) in [6.45, 7) is 9.44. The van der Waals surface area contributed by atoms with Crippen LogP contribution in [0, 0.1) is 0 Å². The number of hydrogen-bond donors (Lipinski definition) is 1. The van der Waals surface area contributed by atoms with Crippen LogP contribution in [0.5, 0.6) is 11.5 Å². The van der Waals surface area contributed by atoms with Gasteiger partial charge in [0.05, 0.1) is 10.6 Å². The van der Waals surface area contributed by atoms with E-state index >= 15 is 0 Å². The van der Waals surface area contributed by atoms with E-state index < -0.39 is 66.9 Å². The first kappa shape index (κ1) is 36.0. The zero-order chi connectivity index (χ0) is 34.2. The first-order valence-electron chi connectivity index (χ1n) is 13.5. The fourth-order valence-electron chi connectivity index (χ4n) is 4.19. The van der Waals surface area contributed by atoms with Crippen molar-refractivity contribution in [3.63, 3.8) is 0 Å². The molecule has 1 saturated heterocycles. The molecule has 0 spiro atoms. The molecule has 3 rings (SSSR count). The predicted octanol–water partition coefficient (Wildman–Crippen LogP) is 4.95. The minimum absolute atomic E-state index is 0.0310. The molecule has 45 heavy (non-hydrogen) atoms. The summed E-state index contributed by atoms with van der Waals surface area (Å²) in [7, 11) is -1.98. The van der Waals surface area contributed by atoms with Crippen LogP contribution in [-0.2, 0) is 24.3 Å². The van der Waals surface area contributed by atoms with Crippen molar-refractivity contribution in [3.05, 3.63) is 48.5 Å². The summed E-state index contributed by atoms with van der Waals surface area (Å²) < 4.78 is 82.5. The quantitative estimate of drug-likeness (QED) is 0.288. The minimum atomic E-state index is -5.02. The van der Waals surface area contributed by atoms with Gasteiger partial charge in [-0.05, 0) is 90.1 Å². The smallest absolute Gasteiger partial charge is 0.458 e. The number of hydrogen-bond acceptors (Lipinski definition) is 10. The number of carbonyl (C=O) groups excluding carboxylic acids is 3. The zero-order valence-corrected chi connectivity index (χ0v) is 27.6. The van der Waals surface area contributed by atoms with Crippen molar-refractivity contribution in [3.8, 4) is 11.5 Å². The van der Waals surface area contributed by atoms with Crippen LogP contribution in [-0.4, -0.2) is 79.4 Å². The molecule has 0 bridgehead atoms. The van der Waals surface area contributed by atoms with Gasteiger partial charge in [-0.2, -0.15) is 0 Å². The van der Waals surface area contributed by atoms with Gasteiger partial charge in [-0.25, -0.2) is 22.3 Å². The Bertz CT molecular complexity index is 1520. The second-order valence-electron chi connectivity index (χ2n) is 12.2. The molecule has 248 valence electrons. The van der Waals surface area contributed by atoms with Crippen molar-refractivity contribution in [2.75, 3.05) is 24.2 Å². The average molecular weight is 676 g/mol. The van der Waals surface area contributed by atoms with E-state index in [0.717, 1.165) is 31.2 Å². The molecule has 0 unspecified atom stereocenters. The number of nitrogens with zero attached hydrogens (tertiary/aromatic N) is 2. The maximum Gasteiger partial charge on any atom is 0.573 e. The predicted molar refractivity (Wildman–Crippen MR) is 162 cm³/mol. The number of amides is 1. The van der Waals surface area contributed by atoms with Crippen molar-refractivity contribution in [1.82, 2.24) is 10.2 Å². The highest BCUT2D eigenvalue weighted by atomic mass is 32.2. The summed E-state index contributed by atoms with van der Waals surface area (Å²) in [5, 5.41) is 2.09. The number of carbonyl (C=O) groups is 3. The normalized spacial score (nSPS) is 18.0. The van der Waals surface area contributed by atoms with E-state index in [2.05, 4.69) is 10.1 Å². The van der Waals surface area contributed by atoms with E-state index in [9.17, 15) is 36.0 Å². The van der Waals surface area contributed by atoms with Crippen LogP contribution in [0.15, 0.2) is 53.4 Å². The van der Waals surface area contributed by atoms with Crippen molar-refractivity contribution in [2.24, 2.45) is 0 Å². The monoisotopic (exact) mass is 675 g/mol. The number of nitrogens with one attached hydrogen (secondary N) is 1. The van der Waals surface area contributed by atoms with Gasteiger partial charge in [-0.1, -0.05) is 0 Å². The first-order valence-corrected chi connectivity index (χ1v) is 16.0. The molecule has 2 aromatic carbocycles. The maximum absolute atomic E-state index is 14.4. The highest BCUT2D eigenvalue weighted by Crippen LogP contribution is 2.39. The average Bonchev–Trinajstić information content (AvgIpc) is 3.26. The molecular formula is C29H36F3N3O8S2. The Morgan fingerprint density at radius 1 is 0.933 bits per heavy atom. The standard InChI is InChI=1S/C29H36F3N3O8S2/c1-26(2,3)43-24(37)28(6,22(36)23-33-27(4,5)17-44-23)35(18-9-11-19(12-10-18)41-25(38)34(7)8)45(39,40)21-15-13-20(14-16-21)42-29(30,31)32/h9-16,23,33H,17H2,1-8H3/t23-,28+/m0/s1. The number of anilines is 1. The lowest BCUT2D eigenvalue weighted by Gasteiger charge is -2.41.